The number of fused-ring (bicyclic) bond motifs is 1. The molecule has 2 N–H and O–H groups in total. The molecule has 0 bridgehead atoms. The predicted molar refractivity (Wildman–Crippen MR) is 134 cm³/mol. The molecule has 9 nitrogen and oxygen atoms in total. The number of nitrogens with zero attached hydrogens (tertiary/aromatic N) is 4. The summed E-state index contributed by atoms with van der Waals surface area (Å²) in [5.41, 5.74) is 4.43. The van der Waals surface area contributed by atoms with E-state index in [2.05, 4.69) is 15.0 Å². The number of carbonyl (C=O) groups excluding carboxylic acids is 1. The Bertz CT molecular complexity index is 1390. The minimum absolute atomic E-state index is 0.229. The van der Waals surface area contributed by atoms with Gasteiger partial charge in [-0.25, -0.2) is 13.4 Å². The molecule has 0 spiro atoms. The lowest BCUT2D eigenvalue weighted by Gasteiger charge is -2.35. The Balaban J connectivity index is 1.79. The number of amides is 1. The SMILES string of the molecule is CNc1c(C)c(C)nc2cc([C@H]3CCCCN3C(=O)c3cc(Cl)cc(C)c3NS(C)(=O)=O)nn12. The highest BCUT2D eigenvalue weighted by Gasteiger charge is 2.33. The first-order valence-corrected chi connectivity index (χ1v) is 13.4. The van der Waals surface area contributed by atoms with Crippen molar-refractivity contribution >= 4 is 44.7 Å². The Labute approximate surface area is 204 Å². The first-order chi connectivity index (χ1) is 16.0. The Morgan fingerprint density at radius 1 is 1.18 bits per heavy atom. The van der Waals surface area contributed by atoms with Crippen LogP contribution in [0.1, 0.15) is 58.2 Å². The van der Waals surface area contributed by atoms with E-state index in [1.54, 1.807) is 22.4 Å². The van der Waals surface area contributed by atoms with E-state index in [9.17, 15) is 13.2 Å². The smallest absolute Gasteiger partial charge is 0.256 e. The average Bonchev–Trinajstić information content (AvgIpc) is 3.18. The van der Waals surface area contributed by atoms with Gasteiger partial charge in [-0.3, -0.25) is 9.52 Å². The summed E-state index contributed by atoms with van der Waals surface area (Å²) in [6.07, 6.45) is 3.61. The lowest BCUT2D eigenvalue weighted by molar-refractivity contribution is 0.0607. The van der Waals surface area contributed by atoms with E-state index in [-0.39, 0.29) is 23.2 Å². The number of rotatable bonds is 5. The molecule has 0 radical (unpaired) electrons. The molecule has 182 valence electrons. The van der Waals surface area contributed by atoms with Gasteiger partial charge in [0, 0.05) is 35.9 Å². The van der Waals surface area contributed by atoms with Gasteiger partial charge in [0.1, 0.15) is 5.82 Å². The van der Waals surface area contributed by atoms with E-state index in [4.69, 9.17) is 16.7 Å². The molecule has 0 unspecified atom stereocenters. The zero-order chi connectivity index (χ0) is 24.8. The third-order valence-electron chi connectivity index (χ3n) is 6.26. The highest BCUT2D eigenvalue weighted by molar-refractivity contribution is 7.92. The predicted octanol–water partition coefficient (Wildman–Crippen LogP) is 4.09. The third-order valence-corrected chi connectivity index (χ3v) is 7.05. The van der Waals surface area contributed by atoms with Gasteiger partial charge in [-0.2, -0.15) is 9.61 Å². The van der Waals surface area contributed by atoms with Gasteiger partial charge in [-0.1, -0.05) is 11.6 Å². The number of hydrogen-bond donors (Lipinski definition) is 2. The van der Waals surface area contributed by atoms with Gasteiger partial charge in [0.05, 0.1) is 29.2 Å². The number of benzene rings is 1. The van der Waals surface area contributed by atoms with Crippen molar-refractivity contribution in [3.8, 4) is 0 Å². The highest BCUT2D eigenvalue weighted by atomic mass is 35.5. The average molecular weight is 505 g/mol. The summed E-state index contributed by atoms with van der Waals surface area (Å²) in [4.78, 5) is 20.2. The maximum absolute atomic E-state index is 13.8. The number of halogens is 1. The molecule has 1 amide bonds. The van der Waals surface area contributed by atoms with Gasteiger partial charge in [0.15, 0.2) is 5.65 Å². The summed E-state index contributed by atoms with van der Waals surface area (Å²) in [7, 11) is -1.75. The Morgan fingerprint density at radius 3 is 2.59 bits per heavy atom. The Morgan fingerprint density at radius 2 is 1.91 bits per heavy atom. The van der Waals surface area contributed by atoms with E-state index >= 15 is 0 Å². The van der Waals surface area contributed by atoms with E-state index in [0.29, 0.717) is 22.8 Å². The second-order valence-electron chi connectivity index (χ2n) is 8.79. The van der Waals surface area contributed by atoms with Crippen molar-refractivity contribution in [1.82, 2.24) is 19.5 Å². The molecule has 1 aromatic carbocycles. The topological polar surface area (TPSA) is 109 Å². The summed E-state index contributed by atoms with van der Waals surface area (Å²) in [6, 6.07) is 4.81. The van der Waals surface area contributed by atoms with Crippen LogP contribution in [0.2, 0.25) is 5.02 Å². The molecule has 1 fully saturated rings. The normalized spacial score (nSPS) is 16.6. The number of hydrogen-bond acceptors (Lipinski definition) is 6. The Kier molecular flexibility index (Phi) is 6.48. The van der Waals surface area contributed by atoms with Crippen molar-refractivity contribution in [2.24, 2.45) is 0 Å². The first-order valence-electron chi connectivity index (χ1n) is 11.1. The zero-order valence-corrected chi connectivity index (χ0v) is 21.5. The molecule has 1 saturated heterocycles. The largest absolute Gasteiger partial charge is 0.373 e. The fourth-order valence-corrected chi connectivity index (χ4v) is 5.46. The number of likely N-dealkylation sites (tertiary alicyclic amines) is 1. The van der Waals surface area contributed by atoms with Crippen LogP contribution in [-0.4, -0.2) is 53.7 Å². The summed E-state index contributed by atoms with van der Waals surface area (Å²) in [5.74, 6) is 0.570. The highest BCUT2D eigenvalue weighted by Crippen LogP contribution is 2.35. The van der Waals surface area contributed by atoms with Gasteiger partial charge >= 0.3 is 0 Å². The summed E-state index contributed by atoms with van der Waals surface area (Å²) in [5, 5.41) is 8.38. The van der Waals surface area contributed by atoms with Gasteiger partial charge in [0.25, 0.3) is 5.91 Å². The molecule has 11 heteroatoms. The van der Waals surface area contributed by atoms with Gasteiger partial charge < -0.3 is 10.2 Å². The summed E-state index contributed by atoms with van der Waals surface area (Å²) < 4.78 is 28.3. The number of anilines is 2. The van der Waals surface area contributed by atoms with Crippen LogP contribution in [0.15, 0.2) is 18.2 Å². The van der Waals surface area contributed by atoms with Gasteiger partial charge in [-0.05, 0) is 57.7 Å². The molecule has 1 atom stereocenters. The number of piperidine rings is 1. The van der Waals surface area contributed by atoms with Crippen molar-refractivity contribution in [2.45, 2.75) is 46.1 Å². The molecule has 2 aromatic heterocycles. The molecule has 3 heterocycles. The fraction of sp³-hybridized carbons (Fsp3) is 0.435. The Hall–Kier alpha value is -2.85. The van der Waals surface area contributed by atoms with Crippen LogP contribution in [0, 0.1) is 20.8 Å². The van der Waals surface area contributed by atoms with Crippen molar-refractivity contribution in [1.29, 1.82) is 0 Å². The van der Waals surface area contributed by atoms with Crippen LogP contribution >= 0.6 is 11.6 Å². The van der Waals surface area contributed by atoms with E-state index in [1.807, 2.05) is 27.0 Å². The zero-order valence-electron chi connectivity index (χ0n) is 19.9. The van der Waals surface area contributed by atoms with Gasteiger partial charge in [-0.15, -0.1) is 0 Å². The number of nitrogens with one attached hydrogen (secondary N) is 2. The standard InChI is InChI=1S/C23H29ClN6O3S/c1-13-10-16(24)11-17(21(13)28-34(5,32)33)23(31)29-9-7-6-8-19(29)18-12-20-26-15(3)14(2)22(25-4)30(20)27-18/h10-12,19,25,28H,6-9H2,1-5H3/t19-/m1/s1. The van der Waals surface area contributed by atoms with Crippen LogP contribution in [0.25, 0.3) is 5.65 Å². The van der Waals surface area contributed by atoms with Crippen LogP contribution in [-0.2, 0) is 10.0 Å². The molecule has 3 aromatic rings. The number of aryl methyl sites for hydroxylation is 2. The van der Waals surface area contributed by atoms with Crippen LogP contribution in [0.4, 0.5) is 11.5 Å². The van der Waals surface area contributed by atoms with Crippen LogP contribution in [0.5, 0.6) is 0 Å². The van der Waals surface area contributed by atoms with Crippen molar-refractivity contribution < 1.29 is 13.2 Å². The lowest BCUT2D eigenvalue weighted by Crippen LogP contribution is -2.39. The monoisotopic (exact) mass is 504 g/mol. The summed E-state index contributed by atoms with van der Waals surface area (Å²) >= 11 is 6.27. The van der Waals surface area contributed by atoms with Crippen molar-refractivity contribution in [3.05, 3.63) is 51.3 Å². The molecular formula is C23H29ClN6O3S. The summed E-state index contributed by atoms with van der Waals surface area (Å²) in [6.45, 7) is 6.20. The number of carbonyl (C=O) groups is 1. The van der Waals surface area contributed by atoms with E-state index in [0.717, 1.165) is 48.3 Å². The lowest BCUT2D eigenvalue weighted by atomic mass is 9.97. The van der Waals surface area contributed by atoms with Gasteiger partial charge in [0.2, 0.25) is 10.0 Å². The number of sulfonamides is 1. The van der Waals surface area contributed by atoms with Crippen molar-refractivity contribution in [2.75, 3.05) is 29.9 Å². The molecule has 0 aliphatic carbocycles. The van der Waals surface area contributed by atoms with Crippen LogP contribution < -0.4 is 10.0 Å². The quantitative estimate of drug-likeness (QED) is 0.541. The minimum Gasteiger partial charge on any atom is -0.373 e. The number of aromatic nitrogens is 3. The van der Waals surface area contributed by atoms with Crippen molar-refractivity contribution in [3.63, 3.8) is 0 Å². The molecule has 1 aliphatic rings. The molecule has 0 saturated carbocycles. The second kappa shape index (κ2) is 9.07. The maximum atomic E-state index is 13.8. The third kappa shape index (κ3) is 4.56. The fourth-order valence-electron chi connectivity index (χ4n) is 4.54. The van der Waals surface area contributed by atoms with Crippen LogP contribution in [0.3, 0.4) is 0 Å². The molecule has 4 rings (SSSR count). The van der Waals surface area contributed by atoms with E-state index < -0.39 is 10.0 Å². The molecule has 34 heavy (non-hydrogen) atoms. The minimum atomic E-state index is -3.59. The van der Waals surface area contributed by atoms with E-state index in [1.165, 1.54) is 6.07 Å². The first kappa shape index (κ1) is 24.3. The maximum Gasteiger partial charge on any atom is 0.256 e. The molecule has 1 aliphatic heterocycles. The molecular weight excluding hydrogens is 476 g/mol. The second-order valence-corrected chi connectivity index (χ2v) is 11.0.